The fraction of sp³-hybridized carbons (Fsp3) is 0.867. The zero-order chi connectivity index (χ0) is 14.4. The maximum atomic E-state index is 5.84. The highest BCUT2D eigenvalue weighted by Crippen LogP contribution is 2.20. The Labute approximate surface area is 120 Å². The van der Waals surface area contributed by atoms with Gasteiger partial charge in [-0.2, -0.15) is 0 Å². The first-order chi connectivity index (χ1) is 9.24. The highest BCUT2D eigenvalue weighted by molar-refractivity contribution is 6.60. The molecule has 0 aromatic carbocycles. The summed E-state index contributed by atoms with van der Waals surface area (Å²) in [6.45, 7) is 10.2. The van der Waals surface area contributed by atoms with E-state index in [9.17, 15) is 0 Å². The molecule has 0 bridgehead atoms. The molecule has 0 saturated heterocycles. The van der Waals surface area contributed by atoms with Crippen molar-refractivity contribution in [2.75, 3.05) is 19.8 Å². The Morgan fingerprint density at radius 3 is 1.79 bits per heavy atom. The summed E-state index contributed by atoms with van der Waals surface area (Å²) >= 11 is 0. The van der Waals surface area contributed by atoms with Crippen molar-refractivity contribution in [3.8, 4) is 0 Å². The molecule has 19 heavy (non-hydrogen) atoms. The molecule has 0 aromatic heterocycles. The van der Waals surface area contributed by atoms with Gasteiger partial charge in [0, 0.05) is 25.9 Å². The van der Waals surface area contributed by atoms with Crippen LogP contribution in [0.15, 0.2) is 12.2 Å². The van der Waals surface area contributed by atoms with Gasteiger partial charge in [-0.15, -0.1) is 0 Å². The molecule has 0 rings (SSSR count). The highest BCUT2D eigenvalue weighted by Gasteiger charge is 2.39. The van der Waals surface area contributed by atoms with Crippen LogP contribution in [0.2, 0.25) is 6.04 Å². The number of unbranched alkanes of at least 4 members (excludes halogenated alkanes) is 3. The van der Waals surface area contributed by atoms with Crippen molar-refractivity contribution in [3.63, 3.8) is 0 Å². The SMILES string of the molecule is CCC=CCCCCC[Si](OCC)(OCC)OCC. The molecule has 0 amide bonds. The largest absolute Gasteiger partial charge is 0.500 e. The zero-order valence-electron chi connectivity index (χ0n) is 13.2. The fourth-order valence-electron chi connectivity index (χ4n) is 2.07. The molecule has 0 spiro atoms. The molecule has 0 fully saturated rings. The summed E-state index contributed by atoms with van der Waals surface area (Å²) in [4.78, 5) is 0. The van der Waals surface area contributed by atoms with Crippen molar-refractivity contribution in [1.29, 1.82) is 0 Å². The summed E-state index contributed by atoms with van der Waals surface area (Å²) < 4.78 is 17.5. The number of hydrogen-bond acceptors (Lipinski definition) is 3. The Bertz CT molecular complexity index is 202. The molecule has 0 radical (unpaired) electrons. The molecule has 0 heterocycles. The van der Waals surface area contributed by atoms with E-state index in [1.165, 1.54) is 19.3 Å². The zero-order valence-corrected chi connectivity index (χ0v) is 14.2. The van der Waals surface area contributed by atoms with Gasteiger partial charge >= 0.3 is 8.80 Å². The molecule has 4 heteroatoms. The maximum absolute atomic E-state index is 5.84. The molecule has 0 aromatic rings. The minimum Gasteiger partial charge on any atom is -0.374 e. The lowest BCUT2D eigenvalue weighted by Gasteiger charge is -2.28. The van der Waals surface area contributed by atoms with E-state index >= 15 is 0 Å². The lowest BCUT2D eigenvalue weighted by molar-refractivity contribution is 0.0706. The van der Waals surface area contributed by atoms with Gasteiger partial charge in [0.05, 0.1) is 0 Å². The van der Waals surface area contributed by atoms with Crippen LogP contribution in [0.5, 0.6) is 0 Å². The van der Waals surface area contributed by atoms with E-state index in [0.29, 0.717) is 19.8 Å². The van der Waals surface area contributed by atoms with Gasteiger partial charge in [0.15, 0.2) is 0 Å². The van der Waals surface area contributed by atoms with Crippen LogP contribution in [0.3, 0.4) is 0 Å². The van der Waals surface area contributed by atoms with Gasteiger partial charge in [-0.3, -0.25) is 0 Å². The summed E-state index contributed by atoms with van der Waals surface area (Å²) in [6, 6.07) is 0.944. The molecule has 3 nitrogen and oxygen atoms in total. The van der Waals surface area contributed by atoms with Crippen molar-refractivity contribution in [1.82, 2.24) is 0 Å². The first kappa shape index (κ1) is 18.8. The Hall–Kier alpha value is -0.163. The van der Waals surface area contributed by atoms with Crippen molar-refractivity contribution < 1.29 is 13.3 Å². The molecule has 0 aliphatic heterocycles. The minimum atomic E-state index is -2.39. The van der Waals surface area contributed by atoms with Crippen molar-refractivity contribution in [2.45, 2.75) is 65.8 Å². The molecule has 0 atom stereocenters. The average molecular weight is 289 g/mol. The van der Waals surface area contributed by atoms with Gasteiger partial charge in [-0.25, -0.2) is 0 Å². The van der Waals surface area contributed by atoms with E-state index in [0.717, 1.165) is 18.9 Å². The summed E-state index contributed by atoms with van der Waals surface area (Å²) in [5, 5.41) is 0. The smallest absolute Gasteiger partial charge is 0.374 e. The lowest BCUT2D eigenvalue weighted by Crippen LogP contribution is -2.45. The van der Waals surface area contributed by atoms with Gasteiger partial charge < -0.3 is 13.3 Å². The van der Waals surface area contributed by atoms with Gasteiger partial charge in [-0.1, -0.05) is 25.5 Å². The Morgan fingerprint density at radius 1 is 0.737 bits per heavy atom. The standard InChI is InChI=1S/C15H32O3Si/c1-5-9-10-11-12-13-14-15-19(16-6-2,17-7-3)18-8-4/h9-10H,5-8,11-15H2,1-4H3. The van der Waals surface area contributed by atoms with Gasteiger partial charge in [0.2, 0.25) is 0 Å². The third-order valence-electron chi connectivity index (χ3n) is 2.85. The average Bonchev–Trinajstić information content (AvgIpc) is 2.39. The van der Waals surface area contributed by atoms with Crippen LogP contribution in [0.25, 0.3) is 0 Å². The van der Waals surface area contributed by atoms with E-state index in [1.54, 1.807) is 0 Å². The number of hydrogen-bond donors (Lipinski definition) is 0. The monoisotopic (exact) mass is 288 g/mol. The Morgan fingerprint density at radius 2 is 1.32 bits per heavy atom. The van der Waals surface area contributed by atoms with Gasteiger partial charge in [0.25, 0.3) is 0 Å². The van der Waals surface area contributed by atoms with Crippen molar-refractivity contribution in [2.24, 2.45) is 0 Å². The van der Waals surface area contributed by atoms with Crippen LogP contribution in [0.4, 0.5) is 0 Å². The summed E-state index contributed by atoms with van der Waals surface area (Å²) in [5.74, 6) is 0. The normalized spacial score (nSPS) is 12.4. The van der Waals surface area contributed by atoms with Crippen molar-refractivity contribution in [3.05, 3.63) is 12.2 Å². The topological polar surface area (TPSA) is 27.7 Å². The number of rotatable bonds is 13. The summed E-state index contributed by atoms with van der Waals surface area (Å²) in [6.07, 6.45) is 10.4. The van der Waals surface area contributed by atoms with E-state index in [2.05, 4.69) is 19.1 Å². The van der Waals surface area contributed by atoms with Crippen molar-refractivity contribution >= 4 is 8.80 Å². The van der Waals surface area contributed by atoms with Crippen LogP contribution >= 0.6 is 0 Å². The highest BCUT2D eigenvalue weighted by atomic mass is 28.4. The molecular weight excluding hydrogens is 256 g/mol. The molecular formula is C15H32O3Si. The molecule has 0 saturated carbocycles. The van der Waals surface area contributed by atoms with Crippen LogP contribution in [-0.4, -0.2) is 28.6 Å². The van der Waals surface area contributed by atoms with Crippen LogP contribution in [-0.2, 0) is 13.3 Å². The van der Waals surface area contributed by atoms with E-state index in [1.807, 2.05) is 20.8 Å². The third kappa shape index (κ3) is 9.38. The predicted octanol–water partition coefficient (Wildman–Crippen LogP) is 4.56. The Balaban J connectivity index is 3.99. The predicted molar refractivity (Wildman–Crippen MR) is 83.3 cm³/mol. The van der Waals surface area contributed by atoms with E-state index in [-0.39, 0.29) is 0 Å². The summed E-state index contributed by atoms with van der Waals surface area (Å²) in [5.41, 5.74) is 0. The first-order valence-electron chi connectivity index (χ1n) is 7.81. The van der Waals surface area contributed by atoms with E-state index < -0.39 is 8.80 Å². The third-order valence-corrected chi connectivity index (χ3v) is 6.00. The maximum Gasteiger partial charge on any atom is 0.500 e. The number of allylic oxidation sites excluding steroid dienone is 2. The van der Waals surface area contributed by atoms with Gasteiger partial charge in [0.1, 0.15) is 0 Å². The first-order valence-corrected chi connectivity index (χ1v) is 9.74. The second-order valence-corrected chi connectivity index (χ2v) is 7.19. The van der Waals surface area contributed by atoms with Crippen LogP contribution < -0.4 is 0 Å². The van der Waals surface area contributed by atoms with Gasteiger partial charge in [-0.05, 0) is 46.5 Å². The molecule has 0 N–H and O–H groups in total. The lowest BCUT2D eigenvalue weighted by atomic mass is 10.2. The Kier molecular flexibility index (Phi) is 12.7. The van der Waals surface area contributed by atoms with E-state index in [4.69, 9.17) is 13.3 Å². The van der Waals surface area contributed by atoms with Crippen LogP contribution in [0, 0.1) is 0 Å². The minimum absolute atomic E-state index is 0.672. The molecule has 0 unspecified atom stereocenters. The van der Waals surface area contributed by atoms with Crippen LogP contribution in [0.1, 0.15) is 59.8 Å². The molecule has 114 valence electrons. The quantitative estimate of drug-likeness (QED) is 0.282. The second kappa shape index (κ2) is 12.8. The molecule has 0 aliphatic rings. The summed E-state index contributed by atoms with van der Waals surface area (Å²) in [7, 11) is -2.39. The second-order valence-electron chi connectivity index (χ2n) is 4.46. The fourth-order valence-corrected chi connectivity index (χ4v) is 4.75. The molecule has 0 aliphatic carbocycles.